The third-order valence-electron chi connectivity index (χ3n) is 5.64. The summed E-state index contributed by atoms with van der Waals surface area (Å²) in [6, 6.07) is -0.0968. The number of nitrogens with zero attached hydrogens (tertiary/aromatic N) is 11. The molecule has 0 aliphatic carbocycles. The van der Waals surface area contributed by atoms with Crippen LogP contribution in [0.5, 0.6) is 0 Å². The monoisotopic (exact) mass is 501 g/mol. The largest absolute Gasteiger partial charge is 0.377 e. The number of aromatic nitrogens is 9. The van der Waals surface area contributed by atoms with E-state index >= 15 is 0 Å². The molecule has 1 aliphatic heterocycles. The molecule has 5 heterocycles. The van der Waals surface area contributed by atoms with Crippen molar-refractivity contribution in [1.82, 2.24) is 44.7 Å². The molecule has 0 spiro atoms. The van der Waals surface area contributed by atoms with Gasteiger partial charge in [0.05, 0.1) is 42.1 Å². The minimum atomic E-state index is -0.533. The van der Waals surface area contributed by atoms with Crippen LogP contribution in [-0.4, -0.2) is 90.2 Å². The number of aryl methyl sites for hydroxylation is 1. The third-order valence-corrected chi connectivity index (χ3v) is 5.64. The maximum absolute atomic E-state index is 12.6. The molecule has 1 aliphatic rings. The first kappa shape index (κ1) is 24.1. The minimum absolute atomic E-state index is 0.0443. The summed E-state index contributed by atoms with van der Waals surface area (Å²) in [6.07, 6.45) is 13.2. The van der Waals surface area contributed by atoms with Crippen LogP contribution in [0.4, 0.5) is 16.3 Å². The SMILES string of the molecule is Cn1cc(-c2ncc(C#Cc3cnc(N4CCN(c5ncncn5)[C@@H](COCCF)C4)nc3)cn2)cn1. The summed E-state index contributed by atoms with van der Waals surface area (Å²) in [4.78, 5) is 34.2. The number of ether oxygens (including phenoxy) is 1. The maximum Gasteiger partial charge on any atom is 0.228 e. The van der Waals surface area contributed by atoms with E-state index in [2.05, 4.69) is 56.7 Å². The van der Waals surface area contributed by atoms with Crippen LogP contribution in [0.2, 0.25) is 0 Å². The van der Waals surface area contributed by atoms with E-state index in [-0.39, 0.29) is 12.6 Å². The molecular formula is C24H24FN11O. The summed E-state index contributed by atoms with van der Waals surface area (Å²) >= 11 is 0. The molecule has 13 heteroatoms. The summed E-state index contributed by atoms with van der Waals surface area (Å²) in [5.41, 5.74) is 2.20. The number of piperazine rings is 1. The standard InChI is InChI=1S/C24H24FN11O/c1-34-13-20(12-33-34)22-27-8-18(9-28-22)2-3-19-10-29-23(30-11-19)35-5-6-36(24-31-16-26-17-32-24)21(14-35)15-37-7-4-25/h8-13,16-17,21H,4-7,14-15H2,1H3/t21-/m1/s1. The van der Waals surface area contributed by atoms with E-state index in [1.807, 2.05) is 18.1 Å². The highest BCUT2D eigenvalue weighted by Crippen LogP contribution is 2.19. The van der Waals surface area contributed by atoms with Gasteiger partial charge in [-0.25, -0.2) is 39.3 Å². The van der Waals surface area contributed by atoms with Gasteiger partial charge in [0, 0.05) is 57.7 Å². The quantitative estimate of drug-likeness (QED) is 0.265. The number of alkyl halides is 1. The molecule has 0 N–H and O–H groups in total. The molecule has 4 aromatic heterocycles. The fourth-order valence-corrected chi connectivity index (χ4v) is 3.87. The molecule has 1 fully saturated rings. The Morgan fingerprint density at radius 1 is 0.919 bits per heavy atom. The zero-order chi connectivity index (χ0) is 25.5. The van der Waals surface area contributed by atoms with E-state index in [9.17, 15) is 4.39 Å². The Labute approximate surface area is 212 Å². The second-order valence-corrected chi connectivity index (χ2v) is 8.22. The zero-order valence-electron chi connectivity index (χ0n) is 20.1. The van der Waals surface area contributed by atoms with E-state index in [1.165, 1.54) is 12.7 Å². The van der Waals surface area contributed by atoms with Gasteiger partial charge in [-0.1, -0.05) is 11.8 Å². The van der Waals surface area contributed by atoms with Gasteiger partial charge < -0.3 is 14.5 Å². The molecular weight excluding hydrogens is 477 g/mol. The third kappa shape index (κ3) is 5.99. The molecule has 1 saturated heterocycles. The number of halogens is 1. The number of hydrogen-bond donors (Lipinski definition) is 0. The lowest BCUT2D eigenvalue weighted by Crippen LogP contribution is -2.56. The lowest BCUT2D eigenvalue weighted by Gasteiger charge is -2.41. The molecule has 0 unspecified atom stereocenters. The Kier molecular flexibility index (Phi) is 7.47. The van der Waals surface area contributed by atoms with E-state index in [0.717, 1.165) is 5.56 Å². The van der Waals surface area contributed by atoms with Gasteiger partial charge >= 0.3 is 0 Å². The average molecular weight is 502 g/mol. The van der Waals surface area contributed by atoms with Gasteiger partial charge in [-0.05, 0) is 0 Å². The number of hydrogen-bond acceptors (Lipinski definition) is 11. The predicted molar refractivity (Wildman–Crippen MR) is 132 cm³/mol. The molecule has 0 aromatic carbocycles. The smallest absolute Gasteiger partial charge is 0.228 e. The average Bonchev–Trinajstić information content (AvgIpc) is 3.39. The fraction of sp³-hybridized carbons (Fsp3) is 0.333. The second-order valence-electron chi connectivity index (χ2n) is 8.22. The van der Waals surface area contributed by atoms with Crippen molar-refractivity contribution in [2.45, 2.75) is 6.04 Å². The Hall–Kier alpha value is -4.57. The zero-order valence-corrected chi connectivity index (χ0v) is 20.1. The normalized spacial score (nSPS) is 15.4. The summed E-state index contributed by atoms with van der Waals surface area (Å²) in [7, 11) is 1.84. The summed E-state index contributed by atoms with van der Waals surface area (Å²) < 4.78 is 19.8. The van der Waals surface area contributed by atoms with E-state index in [1.54, 1.807) is 35.7 Å². The molecule has 188 valence electrons. The molecule has 0 amide bonds. The van der Waals surface area contributed by atoms with Crippen molar-refractivity contribution in [3.63, 3.8) is 0 Å². The number of rotatable bonds is 7. The molecule has 0 radical (unpaired) electrons. The van der Waals surface area contributed by atoms with Gasteiger partial charge in [-0.3, -0.25) is 4.68 Å². The highest BCUT2D eigenvalue weighted by Gasteiger charge is 2.30. The van der Waals surface area contributed by atoms with Crippen LogP contribution in [-0.2, 0) is 11.8 Å². The minimum Gasteiger partial charge on any atom is -0.377 e. The van der Waals surface area contributed by atoms with Gasteiger partial charge in [0.2, 0.25) is 11.9 Å². The van der Waals surface area contributed by atoms with Gasteiger partial charge in [0.25, 0.3) is 0 Å². The Bertz CT molecular complexity index is 1350. The van der Waals surface area contributed by atoms with Crippen LogP contribution in [0.15, 0.2) is 49.8 Å². The van der Waals surface area contributed by atoms with Crippen LogP contribution >= 0.6 is 0 Å². The molecule has 5 rings (SSSR count). The van der Waals surface area contributed by atoms with Crippen LogP contribution in [0.3, 0.4) is 0 Å². The van der Waals surface area contributed by atoms with E-state index < -0.39 is 6.67 Å². The fourth-order valence-electron chi connectivity index (χ4n) is 3.87. The van der Waals surface area contributed by atoms with Crippen molar-refractivity contribution in [3.05, 3.63) is 61.0 Å². The highest BCUT2D eigenvalue weighted by atomic mass is 19.1. The Balaban J connectivity index is 1.24. The van der Waals surface area contributed by atoms with Crippen molar-refractivity contribution in [3.8, 4) is 23.2 Å². The van der Waals surface area contributed by atoms with Crippen LogP contribution in [0, 0.1) is 11.8 Å². The van der Waals surface area contributed by atoms with Crippen LogP contribution < -0.4 is 9.80 Å². The first-order valence-electron chi connectivity index (χ1n) is 11.6. The summed E-state index contributed by atoms with van der Waals surface area (Å²) in [5.74, 6) is 7.83. The number of anilines is 2. The van der Waals surface area contributed by atoms with Crippen molar-refractivity contribution < 1.29 is 9.13 Å². The van der Waals surface area contributed by atoms with Crippen molar-refractivity contribution in [1.29, 1.82) is 0 Å². The van der Waals surface area contributed by atoms with Crippen molar-refractivity contribution >= 4 is 11.9 Å². The predicted octanol–water partition coefficient (Wildman–Crippen LogP) is 0.933. The molecule has 0 bridgehead atoms. The summed E-state index contributed by atoms with van der Waals surface area (Å²) in [5, 5.41) is 4.13. The van der Waals surface area contributed by atoms with Crippen LogP contribution in [0.25, 0.3) is 11.4 Å². The molecule has 0 saturated carbocycles. The lowest BCUT2D eigenvalue weighted by atomic mass is 10.2. The van der Waals surface area contributed by atoms with E-state index in [4.69, 9.17) is 4.74 Å². The molecule has 4 aromatic rings. The highest BCUT2D eigenvalue weighted by molar-refractivity contribution is 5.52. The van der Waals surface area contributed by atoms with Crippen LogP contribution in [0.1, 0.15) is 11.1 Å². The van der Waals surface area contributed by atoms with Gasteiger partial charge in [0.15, 0.2) is 5.82 Å². The van der Waals surface area contributed by atoms with Gasteiger partial charge in [-0.15, -0.1) is 0 Å². The first-order chi connectivity index (χ1) is 18.2. The lowest BCUT2D eigenvalue weighted by molar-refractivity contribution is 0.104. The maximum atomic E-state index is 12.6. The van der Waals surface area contributed by atoms with E-state index in [0.29, 0.717) is 55.1 Å². The van der Waals surface area contributed by atoms with Gasteiger partial charge in [-0.2, -0.15) is 5.10 Å². The van der Waals surface area contributed by atoms with Crippen molar-refractivity contribution in [2.24, 2.45) is 7.05 Å². The molecule has 1 atom stereocenters. The second kappa shape index (κ2) is 11.4. The Morgan fingerprint density at radius 2 is 1.62 bits per heavy atom. The summed E-state index contributed by atoms with van der Waals surface area (Å²) in [6.45, 7) is 1.71. The topological polar surface area (TPSA) is 124 Å². The molecule has 37 heavy (non-hydrogen) atoms. The molecule has 12 nitrogen and oxygen atoms in total. The first-order valence-corrected chi connectivity index (χ1v) is 11.6. The van der Waals surface area contributed by atoms with Gasteiger partial charge in [0.1, 0.15) is 19.3 Å². The Morgan fingerprint density at radius 3 is 2.27 bits per heavy atom. The van der Waals surface area contributed by atoms with Crippen molar-refractivity contribution in [2.75, 3.05) is 49.3 Å².